The predicted molar refractivity (Wildman–Crippen MR) is 74.4 cm³/mol. The fraction of sp³-hybridized carbons (Fsp3) is 0.500. The number of hydrogen-bond acceptors (Lipinski definition) is 2. The van der Waals surface area contributed by atoms with Gasteiger partial charge >= 0.3 is 0 Å². The summed E-state index contributed by atoms with van der Waals surface area (Å²) in [6.45, 7) is 0. The lowest BCUT2D eigenvalue weighted by Gasteiger charge is -2.17. The summed E-state index contributed by atoms with van der Waals surface area (Å²) in [4.78, 5) is 0.427. The highest BCUT2D eigenvalue weighted by Gasteiger charge is 2.13. The summed E-state index contributed by atoms with van der Waals surface area (Å²) in [6, 6.07) is 7.78. The molecule has 0 amide bonds. The number of nitrogens with two attached hydrogens (primary N) is 1. The van der Waals surface area contributed by atoms with Gasteiger partial charge in [0.2, 0.25) is 0 Å². The number of benzene rings is 1. The highest BCUT2D eigenvalue weighted by Crippen LogP contribution is 2.23. The highest BCUT2D eigenvalue weighted by atomic mass is 32.1. The van der Waals surface area contributed by atoms with E-state index in [0.29, 0.717) is 11.1 Å². The minimum Gasteiger partial charge on any atom is -0.490 e. The Balaban J connectivity index is 2.01. The van der Waals surface area contributed by atoms with E-state index >= 15 is 0 Å². The molecule has 0 atom stereocenters. The standard InChI is InChI=1S/C14H19NOS/c15-14(17)11-6-5-9-13(10-11)16-12-7-3-1-2-4-8-12/h5-6,9-10,12H,1-4,7-8H2,(H2,15,17). The second-order valence-electron chi connectivity index (χ2n) is 4.62. The summed E-state index contributed by atoms with van der Waals surface area (Å²) in [6.07, 6.45) is 7.92. The lowest BCUT2D eigenvalue weighted by atomic mass is 10.1. The van der Waals surface area contributed by atoms with Gasteiger partial charge in [-0.05, 0) is 37.8 Å². The molecule has 0 radical (unpaired) electrons. The van der Waals surface area contributed by atoms with Crippen molar-refractivity contribution in [2.24, 2.45) is 5.73 Å². The van der Waals surface area contributed by atoms with Gasteiger partial charge in [-0.3, -0.25) is 0 Å². The van der Waals surface area contributed by atoms with Gasteiger partial charge in [0.1, 0.15) is 10.7 Å². The minimum absolute atomic E-state index is 0.360. The molecular formula is C14H19NOS. The summed E-state index contributed by atoms with van der Waals surface area (Å²) in [5.41, 5.74) is 6.50. The maximum Gasteiger partial charge on any atom is 0.120 e. The van der Waals surface area contributed by atoms with Crippen molar-refractivity contribution in [3.63, 3.8) is 0 Å². The molecular weight excluding hydrogens is 230 g/mol. The van der Waals surface area contributed by atoms with Gasteiger partial charge in [-0.25, -0.2) is 0 Å². The molecule has 1 aliphatic rings. The van der Waals surface area contributed by atoms with E-state index in [1.807, 2.05) is 24.3 Å². The monoisotopic (exact) mass is 249 g/mol. The minimum atomic E-state index is 0.360. The van der Waals surface area contributed by atoms with Gasteiger partial charge < -0.3 is 10.5 Å². The second kappa shape index (κ2) is 6.01. The van der Waals surface area contributed by atoms with Crippen molar-refractivity contribution in [3.05, 3.63) is 29.8 Å². The van der Waals surface area contributed by atoms with Gasteiger partial charge in [-0.1, -0.05) is 37.2 Å². The topological polar surface area (TPSA) is 35.2 Å². The molecule has 1 aliphatic carbocycles. The Bertz CT molecular complexity index is 384. The normalized spacial score (nSPS) is 17.4. The summed E-state index contributed by atoms with van der Waals surface area (Å²) < 4.78 is 6.01. The summed E-state index contributed by atoms with van der Waals surface area (Å²) >= 11 is 4.97. The first-order valence-electron chi connectivity index (χ1n) is 6.32. The molecule has 0 aliphatic heterocycles. The van der Waals surface area contributed by atoms with Crippen LogP contribution in [0.15, 0.2) is 24.3 Å². The van der Waals surface area contributed by atoms with E-state index in [1.54, 1.807) is 0 Å². The fourth-order valence-corrected chi connectivity index (χ4v) is 2.40. The Kier molecular flexibility index (Phi) is 4.37. The summed E-state index contributed by atoms with van der Waals surface area (Å²) in [5.74, 6) is 0.891. The van der Waals surface area contributed by atoms with Crippen LogP contribution >= 0.6 is 12.2 Å². The third-order valence-corrected chi connectivity index (χ3v) is 3.46. The Morgan fingerprint density at radius 3 is 2.53 bits per heavy atom. The average Bonchev–Trinajstić information content (AvgIpc) is 2.58. The Hall–Kier alpha value is -1.09. The van der Waals surface area contributed by atoms with E-state index in [0.717, 1.165) is 24.2 Å². The highest BCUT2D eigenvalue weighted by molar-refractivity contribution is 7.80. The quantitative estimate of drug-likeness (QED) is 0.658. The second-order valence-corrected chi connectivity index (χ2v) is 5.06. The van der Waals surface area contributed by atoms with Gasteiger partial charge in [0, 0.05) is 5.56 Å². The van der Waals surface area contributed by atoms with Gasteiger partial charge in [0.05, 0.1) is 6.10 Å². The first kappa shape index (κ1) is 12.4. The maximum absolute atomic E-state index is 6.01. The zero-order valence-corrected chi connectivity index (χ0v) is 10.8. The number of thiocarbonyl (C=S) groups is 1. The first-order valence-corrected chi connectivity index (χ1v) is 6.73. The lowest BCUT2D eigenvalue weighted by Crippen LogP contribution is -2.16. The van der Waals surface area contributed by atoms with Crippen LogP contribution in [0.25, 0.3) is 0 Å². The van der Waals surface area contributed by atoms with Gasteiger partial charge in [0.25, 0.3) is 0 Å². The van der Waals surface area contributed by atoms with Crippen LogP contribution in [0.3, 0.4) is 0 Å². The van der Waals surface area contributed by atoms with Crippen LogP contribution in [0.2, 0.25) is 0 Å². The van der Waals surface area contributed by atoms with E-state index in [4.69, 9.17) is 22.7 Å². The average molecular weight is 249 g/mol. The molecule has 0 aromatic heterocycles. The molecule has 92 valence electrons. The SMILES string of the molecule is NC(=S)c1cccc(OC2CCCCCC2)c1. The van der Waals surface area contributed by atoms with E-state index in [1.165, 1.54) is 25.7 Å². The molecule has 2 nitrogen and oxygen atoms in total. The van der Waals surface area contributed by atoms with Gasteiger partial charge in [-0.15, -0.1) is 0 Å². The molecule has 2 N–H and O–H groups in total. The zero-order valence-electron chi connectivity index (χ0n) is 10.0. The predicted octanol–water partition coefficient (Wildman–Crippen LogP) is 3.42. The molecule has 3 heteroatoms. The number of ether oxygens (including phenoxy) is 1. The molecule has 1 fully saturated rings. The zero-order chi connectivity index (χ0) is 12.1. The molecule has 0 unspecified atom stereocenters. The van der Waals surface area contributed by atoms with Crippen LogP contribution in [-0.2, 0) is 0 Å². The van der Waals surface area contributed by atoms with Crippen molar-refractivity contribution in [2.75, 3.05) is 0 Å². The van der Waals surface area contributed by atoms with Crippen LogP contribution in [-0.4, -0.2) is 11.1 Å². The lowest BCUT2D eigenvalue weighted by molar-refractivity contribution is 0.184. The molecule has 0 saturated heterocycles. The third-order valence-electron chi connectivity index (χ3n) is 3.22. The van der Waals surface area contributed by atoms with Crippen molar-refractivity contribution in [1.82, 2.24) is 0 Å². The van der Waals surface area contributed by atoms with Crippen molar-refractivity contribution in [1.29, 1.82) is 0 Å². The van der Waals surface area contributed by atoms with Gasteiger partial charge in [-0.2, -0.15) is 0 Å². The van der Waals surface area contributed by atoms with E-state index in [-0.39, 0.29) is 0 Å². The van der Waals surface area contributed by atoms with Crippen molar-refractivity contribution >= 4 is 17.2 Å². The summed E-state index contributed by atoms with van der Waals surface area (Å²) in [5, 5.41) is 0. The van der Waals surface area contributed by atoms with E-state index in [9.17, 15) is 0 Å². The molecule has 2 rings (SSSR count). The fourth-order valence-electron chi connectivity index (χ4n) is 2.27. The molecule has 1 aromatic carbocycles. The molecule has 1 aromatic rings. The van der Waals surface area contributed by atoms with Crippen LogP contribution in [0.5, 0.6) is 5.75 Å². The smallest absolute Gasteiger partial charge is 0.120 e. The van der Waals surface area contributed by atoms with E-state index < -0.39 is 0 Å². The third kappa shape index (κ3) is 3.70. The maximum atomic E-state index is 6.01. The van der Waals surface area contributed by atoms with Crippen LogP contribution in [0.1, 0.15) is 44.1 Å². The molecule has 1 saturated carbocycles. The number of hydrogen-bond donors (Lipinski definition) is 1. The Morgan fingerprint density at radius 1 is 1.18 bits per heavy atom. The van der Waals surface area contributed by atoms with Crippen molar-refractivity contribution in [3.8, 4) is 5.75 Å². The van der Waals surface area contributed by atoms with Crippen molar-refractivity contribution in [2.45, 2.75) is 44.6 Å². The molecule has 0 heterocycles. The van der Waals surface area contributed by atoms with Crippen LogP contribution in [0, 0.1) is 0 Å². The largest absolute Gasteiger partial charge is 0.490 e. The first-order chi connectivity index (χ1) is 8.25. The Labute approximate surface area is 108 Å². The van der Waals surface area contributed by atoms with Crippen LogP contribution < -0.4 is 10.5 Å². The van der Waals surface area contributed by atoms with Crippen molar-refractivity contribution < 1.29 is 4.74 Å². The summed E-state index contributed by atoms with van der Waals surface area (Å²) in [7, 11) is 0. The molecule has 17 heavy (non-hydrogen) atoms. The Morgan fingerprint density at radius 2 is 1.88 bits per heavy atom. The molecule has 0 bridgehead atoms. The number of rotatable bonds is 3. The molecule has 0 spiro atoms. The van der Waals surface area contributed by atoms with Crippen LogP contribution in [0.4, 0.5) is 0 Å². The van der Waals surface area contributed by atoms with Gasteiger partial charge in [0.15, 0.2) is 0 Å². The van der Waals surface area contributed by atoms with E-state index in [2.05, 4.69) is 0 Å².